The predicted octanol–water partition coefficient (Wildman–Crippen LogP) is 3.91. The Bertz CT molecular complexity index is 659. The van der Waals surface area contributed by atoms with Gasteiger partial charge >= 0.3 is 5.00 Å². The Morgan fingerprint density at radius 1 is 1.18 bits per heavy atom. The van der Waals surface area contributed by atoms with E-state index in [9.17, 15) is 10.1 Å². The van der Waals surface area contributed by atoms with Crippen molar-refractivity contribution in [2.24, 2.45) is 0 Å². The number of thiophene rings is 1. The Labute approximate surface area is 134 Å². The third-order valence-electron chi connectivity index (χ3n) is 3.45. The summed E-state index contributed by atoms with van der Waals surface area (Å²) in [6.07, 6.45) is 0. The van der Waals surface area contributed by atoms with Crippen LogP contribution in [-0.4, -0.2) is 24.0 Å². The highest BCUT2D eigenvalue weighted by atomic mass is 32.1. The van der Waals surface area contributed by atoms with E-state index in [1.165, 1.54) is 16.9 Å². The molecule has 6 heteroatoms. The minimum absolute atomic E-state index is 0.194. The highest BCUT2D eigenvalue weighted by Crippen LogP contribution is 2.26. The predicted molar refractivity (Wildman–Crippen MR) is 88.6 cm³/mol. The lowest BCUT2D eigenvalue weighted by Gasteiger charge is -2.18. The number of nitro groups is 1. The van der Waals surface area contributed by atoms with Gasteiger partial charge < -0.3 is 4.74 Å². The largest absolute Gasteiger partial charge is 0.496 e. The zero-order valence-electron chi connectivity index (χ0n) is 13.3. The average molecular weight is 320 g/mol. The summed E-state index contributed by atoms with van der Waals surface area (Å²) in [5, 5.41) is 12.8. The van der Waals surface area contributed by atoms with Crippen LogP contribution in [0.2, 0.25) is 0 Å². The Hall–Kier alpha value is -1.92. The van der Waals surface area contributed by atoms with E-state index >= 15 is 0 Å². The van der Waals surface area contributed by atoms with E-state index in [2.05, 4.69) is 17.0 Å². The molecule has 2 rings (SSSR count). The van der Waals surface area contributed by atoms with Gasteiger partial charge in [-0.05, 0) is 43.1 Å². The quantitative estimate of drug-likeness (QED) is 0.598. The maximum absolute atomic E-state index is 10.7. The molecule has 22 heavy (non-hydrogen) atoms. The van der Waals surface area contributed by atoms with Crippen molar-refractivity contribution in [1.29, 1.82) is 0 Å². The van der Waals surface area contributed by atoms with Crippen LogP contribution in [-0.2, 0) is 13.1 Å². The summed E-state index contributed by atoms with van der Waals surface area (Å²) in [6, 6.07) is 5.89. The fourth-order valence-corrected chi connectivity index (χ4v) is 3.39. The maximum atomic E-state index is 10.7. The second-order valence-corrected chi connectivity index (χ2v) is 6.38. The number of ether oxygens (including phenoxy) is 1. The summed E-state index contributed by atoms with van der Waals surface area (Å²) in [5.41, 5.74) is 4.43. The fourth-order valence-electron chi connectivity index (χ4n) is 2.67. The SMILES string of the molecule is COc1c(C)cc(CN(C)Cc2csc([N+](=O)[O-])c2)cc1C. The molecule has 0 bridgehead atoms. The van der Waals surface area contributed by atoms with Crippen molar-refractivity contribution >= 4 is 16.3 Å². The average Bonchev–Trinajstić information content (AvgIpc) is 2.86. The summed E-state index contributed by atoms with van der Waals surface area (Å²) in [7, 11) is 3.70. The first-order valence-corrected chi connectivity index (χ1v) is 7.83. The molecule has 0 amide bonds. The van der Waals surface area contributed by atoms with Crippen LogP contribution in [0.15, 0.2) is 23.6 Å². The molecule has 0 N–H and O–H groups in total. The normalized spacial score (nSPS) is 11.0. The van der Waals surface area contributed by atoms with Gasteiger partial charge in [-0.3, -0.25) is 15.0 Å². The molecule has 0 aliphatic carbocycles. The molecule has 1 heterocycles. The van der Waals surface area contributed by atoms with E-state index < -0.39 is 0 Å². The standard InChI is InChI=1S/C16H20N2O3S/c1-11-5-13(6-12(2)16(11)21-4)8-17(3)9-14-7-15(18(19)20)22-10-14/h5-7,10H,8-9H2,1-4H3. The van der Waals surface area contributed by atoms with Crippen LogP contribution < -0.4 is 4.74 Å². The van der Waals surface area contributed by atoms with Gasteiger partial charge in [0.2, 0.25) is 0 Å². The molecule has 0 fully saturated rings. The molecule has 1 aromatic heterocycles. The Kier molecular flexibility index (Phi) is 5.15. The minimum atomic E-state index is -0.343. The molecule has 0 radical (unpaired) electrons. The number of nitrogens with zero attached hydrogens (tertiary/aromatic N) is 2. The molecule has 0 unspecified atom stereocenters. The molecule has 118 valence electrons. The number of hydrogen-bond donors (Lipinski definition) is 0. The van der Waals surface area contributed by atoms with Crippen molar-refractivity contribution in [2.75, 3.05) is 14.2 Å². The van der Waals surface area contributed by atoms with Crippen LogP contribution in [0.1, 0.15) is 22.3 Å². The van der Waals surface area contributed by atoms with Gasteiger partial charge in [-0.15, -0.1) is 0 Å². The molecule has 0 saturated heterocycles. The summed E-state index contributed by atoms with van der Waals surface area (Å²) in [6.45, 7) is 5.55. The molecule has 2 aromatic rings. The summed E-state index contributed by atoms with van der Waals surface area (Å²) in [4.78, 5) is 12.5. The lowest BCUT2D eigenvalue weighted by molar-refractivity contribution is -0.380. The van der Waals surface area contributed by atoms with E-state index in [1.807, 2.05) is 26.3 Å². The third-order valence-corrected chi connectivity index (χ3v) is 4.38. The van der Waals surface area contributed by atoms with E-state index in [4.69, 9.17) is 4.74 Å². The van der Waals surface area contributed by atoms with Gasteiger partial charge in [0.05, 0.1) is 12.0 Å². The van der Waals surface area contributed by atoms with Crippen molar-refractivity contribution in [1.82, 2.24) is 4.90 Å². The smallest absolute Gasteiger partial charge is 0.324 e. The second kappa shape index (κ2) is 6.89. The molecule has 1 aromatic carbocycles. The lowest BCUT2D eigenvalue weighted by Crippen LogP contribution is -2.17. The summed E-state index contributed by atoms with van der Waals surface area (Å²) >= 11 is 1.17. The zero-order chi connectivity index (χ0) is 16.3. The van der Waals surface area contributed by atoms with E-state index in [0.29, 0.717) is 6.54 Å². The van der Waals surface area contributed by atoms with Gasteiger partial charge in [0.1, 0.15) is 5.75 Å². The molecular weight excluding hydrogens is 300 g/mol. The Morgan fingerprint density at radius 2 is 1.77 bits per heavy atom. The van der Waals surface area contributed by atoms with Crippen LogP contribution in [0.5, 0.6) is 5.75 Å². The molecular formula is C16H20N2O3S. The number of aryl methyl sites for hydroxylation is 2. The summed E-state index contributed by atoms with van der Waals surface area (Å²) < 4.78 is 5.38. The highest BCUT2D eigenvalue weighted by molar-refractivity contribution is 7.13. The molecule has 0 atom stereocenters. The van der Waals surface area contributed by atoms with Gasteiger partial charge in [-0.1, -0.05) is 23.5 Å². The van der Waals surface area contributed by atoms with Gasteiger partial charge in [0, 0.05) is 24.5 Å². The van der Waals surface area contributed by atoms with E-state index in [-0.39, 0.29) is 9.92 Å². The first-order valence-electron chi connectivity index (χ1n) is 6.95. The van der Waals surface area contributed by atoms with Crippen molar-refractivity contribution in [3.05, 3.63) is 55.9 Å². The zero-order valence-corrected chi connectivity index (χ0v) is 14.1. The Morgan fingerprint density at radius 3 is 2.27 bits per heavy atom. The van der Waals surface area contributed by atoms with E-state index in [0.717, 1.165) is 29.0 Å². The van der Waals surface area contributed by atoms with Crippen molar-refractivity contribution < 1.29 is 9.66 Å². The minimum Gasteiger partial charge on any atom is -0.496 e. The monoisotopic (exact) mass is 320 g/mol. The van der Waals surface area contributed by atoms with Crippen molar-refractivity contribution in [3.8, 4) is 5.75 Å². The number of rotatable bonds is 6. The summed E-state index contributed by atoms with van der Waals surface area (Å²) in [5.74, 6) is 0.930. The van der Waals surface area contributed by atoms with Crippen LogP contribution in [0.25, 0.3) is 0 Å². The lowest BCUT2D eigenvalue weighted by atomic mass is 10.1. The van der Waals surface area contributed by atoms with Gasteiger partial charge in [-0.2, -0.15) is 0 Å². The van der Waals surface area contributed by atoms with E-state index in [1.54, 1.807) is 13.2 Å². The molecule has 0 saturated carbocycles. The highest BCUT2D eigenvalue weighted by Gasteiger charge is 2.12. The molecule has 0 aliphatic heterocycles. The second-order valence-electron chi connectivity index (χ2n) is 5.49. The Balaban J connectivity index is 2.05. The molecule has 0 aliphatic rings. The van der Waals surface area contributed by atoms with Gasteiger partial charge in [-0.25, -0.2) is 0 Å². The number of benzene rings is 1. The number of methoxy groups -OCH3 is 1. The first-order chi connectivity index (χ1) is 10.4. The first kappa shape index (κ1) is 16.5. The maximum Gasteiger partial charge on any atom is 0.324 e. The topological polar surface area (TPSA) is 55.6 Å². The third kappa shape index (κ3) is 3.84. The van der Waals surface area contributed by atoms with Crippen LogP contribution >= 0.6 is 11.3 Å². The van der Waals surface area contributed by atoms with Crippen LogP contribution in [0, 0.1) is 24.0 Å². The van der Waals surface area contributed by atoms with Gasteiger partial charge in [0.25, 0.3) is 0 Å². The van der Waals surface area contributed by atoms with Crippen molar-refractivity contribution in [3.63, 3.8) is 0 Å². The van der Waals surface area contributed by atoms with Crippen molar-refractivity contribution in [2.45, 2.75) is 26.9 Å². The number of hydrogen-bond acceptors (Lipinski definition) is 5. The fraction of sp³-hybridized carbons (Fsp3) is 0.375. The van der Waals surface area contributed by atoms with Crippen LogP contribution in [0.4, 0.5) is 5.00 Å². The molecule has 5 nitrogen and oxygen atoms in total. The van der Waals surface area contributed by atoms with Crippen LogP contribution in [0.3, 0.4) is 0 Å². The van der Waals surface area contributed by atoms with Gasteiger partial charge in [0.15, 0.2) is 0 Å². The molecule has 0 spiro atoms.